The van der Waals surface area contributed by atoms with E-state index in [1.807, 2.05) is 42.2 Å². The lowest BCUT2D eigenvalue weighted by Crippen LogP contribution is -2.41. The molecule has 2 aliphatic heterocycles. The van der Waals surface area contributed by atoms with Crippen LogP contribution in [0.4, 0.5) is 5.69 Å². The summed E-state index contributed by atoms with van der Waals surface area (Å²) in [6.45, 7) is 15.8. The number of para-hydroxylation sites is 1. The number of carbonyl (C=O) groups is 2. The molecule has 4 aromatic rings. The first-order chi connectivity index (χ1) is 23.1. The van der Waals surface area contributed by atoms with Crippen molar-refractivity contribution in [3.8, 4) is 0 Å². The van der Waals surface area contributed by atoms with Crippen LogP contribution in [0.3, 0.4) is 0 Å². The van der Waals surface area contributed by atoms with Gasteiger partial charge in [-0.15, -0.1) is 0 Å². The van der Waals surface area contributed by atoms with Crippen molar-refractivity contribution in [3.05, 3.63) is 118 Å². The average Bonchev–Trinajstić information content (AvgIpc) is 3.35. The summed E-state index contributed by atoms with van der Waals surface area (Å²) < 4.78 is 2.33. The Bertz CT molecular complexity index is 1740. The maximum absolute atomic E-state index is 14.1. The number of aryl methyl sites for hydroxylation is 2. The minimum atomic E-state index is -0.0109. The highest BCUT2D eigenvalue weighted by Gasteiger charge is 2.28. The summed E-state index contributed by atoms with van der Waals surface area (Å²) in [6, 6.07) is 24.7. The fourth-order valence-corrected chi connectivity index (χ4v) is 7.12. The molecule has 3 heterocycles. The quantitative estimate of drug-likeness (QED) is 0.222. The van der Waals surface area contributed by atoms with Gasteiger partial charge in [-0.05, 0) is 98.6 Å². The molecule has 7 heteroatoms. The molecule has 3 aromatic carbocycles. The van der Waals surface area contributed by atoms with Crippen molar-refractivity contribution in [1.29, 1.82) is 0 Å². The SMILES string of the molecule is Cc1cc(C(=O)N2CCc3nc(C)n(Cc4ccccc4)c3Cc3ccccc32)ccc1CNC(=O)C1CCN(CCC(C)(C)C)CC1. The van der Waals surface area contributed by atoms with E-state index in [9.17, 15) is 9.59 Å². The van der Waals surface area contributed by atoms with Gasteiger partial charge in [-0.25, -0.2) is 4.98 Å². The Labute approximate surface area is 286 Å². The lowest BCUT2D eigenvalue weighted by Gasteiger charge is -2.33. The van der Waals surface area contributed by atoms with Crippen LogP contribution in [0.5, 0.6) is 0 Å². The van der Waals surface area contributed by atoms with Crippen molar-refractivity contribution in [3.63, 3.8) is 0 Å². The number of benzene rings is 3. The number of rotatable bonds is 8. The Morgan fingerprint density at radius 2 is 1.65 bits per heavy atom. The topological polar surface area (TPSA) is 70.5 Å². The smallest absolute Gasteiger partial charge is 0.258 e. The van der Waals surface area contributed by atoms with Gasteiger partial charge in [0.1, 0.15) is 5.82 Å². The molecule has 252 valence electrons. The standard InChI is InChI=1S/C41H51N5O2/c1-29-25-34(15-16-35(29)27-42-39(47)32-17-21-44(22-18-32)24-20-41(3,4)5)40(48)45-23-19-36-38(26-33-13-9-10-14-37(33)45)46(30(2)43-36)28-31-11-7-6-8-12-31/h6-16,25,32H,17-24,26-28H2,1-5H3,(H,42,47). The first kappa shape index (κ1) is 33.7. The lowest BCUT2D eigenvalue weighted by molar-refractivity contribution is -0.126. The van der Waals surface area contributed by atoms with Crippen LogP contribution in [0.25, 0.3) is 0 Å². The highest BCUT2D eigenvalue weighted by Crippen LogP contribution is 2.31. The van der Waals surface area contributed by atoms with Crippen LogP contribution in [0, 0.1) is 25.2 Å². The van der Waals surface area contributed by atoms with Crippen LogP contribution in [0.2, 0.25) is 0 Å². The molecule has 1 N–H and O–H groups in total. The molecular weight excluding hydrogens is 594 g/mol. The molecule has 0 unspecified atom stereocenters. The van der Waals surface area contributed by atoms with Crippen molar-refractivity contribution in [2.24, 2.45) is 11.3 Å². The number of hydrogen-bond donors (Lipinski definition) is 1. The molecule has 2 amide bonds. The van der Waals surface area contributed by atoms with E-state index in [4.69, 9.17) is 4.98 Å². The molecule has 0 spiro atoms. The number of hydrogen-bond acceptors (Lipinski definition) is 4. The predicted octanol–water partition coefficient (Wildman–Crippen LogP) is 7.11. The summed E-state index contributed by atoms with van der Waals surface area (Å²) in [5.41, 5.74) is 8.66. The third kappa shape index (κ3) is 7.90. The molecule has 48 heavy (non-hydrogen) atoms. The van der Waals surface area contributed by atoms with E-state index in [2.05, 4.69) is 84.9 Å². The summed E-state index contributed by atoms with van der Waals surface area (Å²) in [7, 11) is 0. The van der Waals surface area contributed by atoms with Gasteiger partial charge in [-0.3, -0.25) is 9.59 Å². The Hall–Kier alpha value is -4.23. The third-order valence-electron chi connectivity index (χ3n) is 10.2. The number of fused-ring (bicyclic) bond motifs is 2. The maximum Gasteiger partial charge on any atom is 0.258 e. The minimum absolute atomic E-state index is 0.0109. The normalized spacial score (nSPS) is 15.7. The van der Waals surface area contributed by atoms with Gasteiger partial charge in [-0.2, -0.15) is 0 Å². The van der Waals surface area contributed by atoms with Gasteiger partial charge in [-0.1, -0.05) is 75.4 Å². The lowest BCUT2D eigenvalue weighted by atomic mass is 9.90. The average molecular weight is 646 g/mol. The molecular formula is C41H51N5O2. The molecule has 0 aliphatic carbocycles. The Morgan fingerprint density at radius 1 is 0.917 bits per heavy atom. The highest BCUT2D eigenvalue weighted by molar-refractivity contribution is 6.06. The molecule has 2 aliphatic rings. The van der Waals surface area contributed by atoms with Crippen molar-refractivity contribution in [2.45, 2.75) is 79.8 Å². The van der Waals surface area contributed by atoms with E-state index in [0.717, 1.165) is 79.3 Å². The van der Waals surface area contributed by atoms with Crippen LogP contribution >= 0.6 is 0 Å². The van der Waals surface area contributed by atoms with Crippen LogP contribution in [-0.2, 0) is 30.7 Å². The third-order valence-corrected chi connectivity index (χ3v) is 10.2. The van der Waals surface area contributed by atoms with Crippen molar-refractivity contribution in [1.82, 2.24) is 19.8 Å². The molecule has 1 fully saturated rings. The molecule has 0 saturated carbocycles. The second-order valence-electron chi connectivity index (χ2n) is 14.9. The first-order valence-electron chi connectivity index (χ1n) is 17.6. The fraction of sp³-hybridized carbons (Fsp3) is 0.439. The van der Waals surface area contributed by atoms with Gasteiger partial charge in [0.25, 0.3) is 5.91 Å². The van der Waals surface area contributed by atoms with E-state index >= 15 is 0 Å². The number of aromatic nitrogens is 2. The number of anilines is 1. The van der Waals surface area contributed by atoms with E-state index in [-0.39, 0.29) is 17.7 Å². The predicted molar refractivity (Wildman–Crippen MR) is 193 cm³/mol. The van der Waals surface area contributed by atoms with E-state index in [1.54, 1.807) is 0 Å². The van der Waals surface area contributed by atoms with Gasteiger partial charge in [0.15, 0.2) is 0 Å². The molecule has 6 rings (SSSR count). The molecule has 7 nitrogen and oxygen atoms in total. The number of nitrogens with one attached hydrogen (secondary N) is 1. The molecule has 0 radical (unpaired) electrons. The fourth-order valence-electron chi connectivity index (χ4n) is 7.12. The molecule has 0 bridgehead atoms. The number of piperidine rings is 1. The maximum atomic E-state index is 14.1. The zero-order valence-corrected chi connectivity index (χ0v) is 29.4. The van der Waals surface area contributed by atoms with Gasteiger partial charge in [0, 0.05) is 55.3 Å². The Balaban J connectivity index is 1.11. The number of nitrogens with zero attached hydrogens (tertiary/aromatic N) is 4. The van der Waals surface area contributed by atoms with Crippen LogP contribution in [0.15, 0.2) is 72.8 Å². The van der Waals surface area contributed by atoms with Crippen molar-refractivity contribution in [2.75, 3.05) is 31.1 Å². The van der Waals surface area contributed by atoms with Gasteiger partial charge in [0.05, 0.1) is 5.69 Å². The molecule has 1 aromatic heterocycles. The largest absolute Gasteiger partial charge is 0.352 e. The number of carbonyl (C=O) groups excluding carboxylic acids is 2. The van der Waals surface area contributed by atoms with Crippen molar-refractivity contribution >= 4 is 17.5 Å². The number of likely N-dealkylation sites (tertiary alicyclic amines) is 1. The number of amides is 2. The van der Waals surface area contributed by atoms with Crippen LogP contribution in [-0.4, -0.2) is 52.4 Å². The molecule has 1 saturated heterocycles. The first-order valence-corrected chi connectivity index (χ1v) is 17.6. The van der Waals surface area contributed by atoms with Crippen LogP contribution in [0.1, 0.15) is 89.9 Å². The second kappa shape index (κ2) is 14.5. The minimum Gasteiger partial charge on any atom is -0.352 e. The Kier molecular flexibility index (Phi) is 10.2. The summed E-state index contributed by atoms with van der Waals surface area (Å²) in [5, 5.41) is 3.19. The van der Waals surface area contributed by atoms with E-state index in [0.29, 0.717) is 30.5 Å². The monoisotopic (exact) mass is 645 g/mol. The van der Waals surface area contributed by atoms with Crippen LogP contribution < -0.4 is 10.2 Å². The summed E-state index contributed by atoms with van der Waals surface area (Å²) in [4.78, 5) is 36.6. The zero-order valence-electron chi connectivity index (χ0n) is 29.4. The van der Waals surface area contributed by atoms with Gasteiger partial charge in [0.2, 0.25) is 5.91 Å². The molecule has 0 atom stereocenters. The van der Waals surface area contributed by atoms with E-state index in [1.165, 1.54) is 17.7 Å². The van der Waals surface area contributed by atoms with E-state index < -0.39 is 0 Å². The highest BCUT2D eigenvalue weighted by atomic mass is 16.2. The Morgan fingerprint density at radius 3 is 2.38 bits per heavy atom. The van der Waals surface area contributed by atoms with Gasteiger partial charge >= 0.3 is 0 Å². The van der Waals surface area contributed by atoms with Gasteiger partial charge < -0.3 is 19.7 Å². The zero-order chi connectivity index (χ0) is 33.8. The summed E-state index contributed by atoms with van der Waals surface area (Å²) in [5.74, 6) is 1.20. The number of imidazole rings is 1. The summed E-state index contributed by atoms with van der Waals surface area (Å²) >= 11 is 0. The van der Waals surface area contributed by atoms with Crippen molar-refractivity contribution < 1.29 is 9.59 Å². The summed E-state index contributed by atoms with van der Waals surface area (Å²) in [6.07, 6.45) is 4.41. The second-order valence-corrected chi connectivity index (χ2v) is 14.9.